The molecule has 3 atom stereocenters. The van der Waals surface area contributed by atoms with Crippen LogP contribution in [0.5, 0.6) is 5.75 Å². The molecule has 2 amide bonds. The largest absolute Gasteiger partial charge is 0.508 e. The number of carbonyl (C=O) groups is 3. The van der Waals surface area contributed by atoms with E-state index in [4.69, 9.17) is 9.15 Å². The van der Waals surface area contributed by atoms with Gasteiger partial charge in [0, 0.05) is 24.1 Å². The molecule has 9 heteroatoms. The zero-order chi connectivity index (χ0) is 23.7. The third-order valence-electron chi connectivity index (χ3n) is 6.24. The number of nitrogens with zero attached hydrogens (tertiary/aromatic N) is 2. The van der Waals surface area contributed by atoms with E-state index in [9.17, 15) is 19.5 Å². The van der Waals surface area contributed by atoms with Gasteiger partial charge in [-0.05, 0) is 36.2 Å². The molecule has 0 bridgehead atoms. The van der Waals surface area contributed by atoms with Crippen LogP contribution in [0.4, 0.5) is 0 Å². The summed E-state index contributed by atoms with van der Waals surface area (Å²) in [6.07, 6.45) is 3.43. The van der Waals surface area contributed by atoms with Crippen molar-refractivity contribution in [2.45, 2.75) is 31.0 Å². The number of amides is 2. The first-order valence-corrected chi connectivity index (χ1v) is 11.0. The number of ketones is 1. The summed E-state index contributed by atoms with van der Waals surface area (Å²) in [5.74, 6) is -0.163. The molecule has 2 aromatic carbocycles. The molecule has 0 saturated carbocycles. The topological polar surface area (TPSA) is 122 Å². The fraction of sp³-hybridized carbons (Fsp3) is 0.280. The van der Waals surface area contributed by atoms with Crippen LogP contribution in [-0.2, 0) is 20.7 Å². The van der Waals surface area contributed by atoms with Crippen LogP contribution in [0.2, 0.25) is 0 Å². The Morgan fingerprint density at radius 3 is 2.62 bits per heavy atom. The number of phenolic OH excluding ortho intramolecular Hbond substituents is 1. The van der Waals surface area contributed by atoms with E-state index in [0.717, 1.165) is 11.1 Å². The minimum Gasteiger partial charge on any atom is -0.508 e. The molecule has 0 spiro atoms. The van der Waals surface area contributed by atoms with E-state index < -0.39 is 18.0 Å². The minimum absolute atomic E-state index is 0.00559. The van der Waals surface area contributed by atoms with Gasteiger partial charge in [-0.2, -0.15) is 0 Å². The third-order valence-corrected chi connectivity index (χ3v) is 6.24. The lowest BCUT2D eigenvalue weighted by Gasteiger charge is -2.27. The van der Waals surface area contributed by atoms with Crippen LogP contribution in [0.25, 0.3) is 11.3 Å². The highest BCUT2D eigenvalue weighted by atomic mass is 16.5. The van der Waals surface area contributed by atoms with Crippen molar-refractivity contribution in [3.8, 4) is 17.1 Å². The summed E-state index contributed by atoms with van der Waals surface area (Å²) in [6, 6.07) is 11.7. The van der Waals surface area contributed by atoms with Gasteiger partial charge in [0.2, 0.25) is 5.91 Å². The molecular formula is C25H23N3O6. The Bertz CT molecular complexity index is 1190. The number of phenols is 1. The molecule has 2 aliphatic heterocycles. The number of hydrogen-bond acceptors (Lipinski definition) is 7. The summed E-state index contributed by atoms with van der Waals surface area (Å²) in [7, 11) is 0. The molecule has 2 N–H and O–H groups in total. The molecule has 3 aromatic rings. The monoisotopic (exact) mass is 461 g/mol. The molecule has 1 aromatic heterocycles. The maximum Gasteiger partial charge on any atom is 0.251 e. The number of hydrogen-bond donors (Lipinski definition) is 2. The Morgan fingerprint density at radius 1 is 1.15 bits per heavy atom. The molecule has 2 fully saturated rings. The summed E-state index contributed by atoms with van der Waals surface area (Å²) < 4.78 is 10.8. The summed E-state index contributed by atoms with van der Waals surface area (Å²) in [5.41, 5.74) is 1.92. The molecular weight excluding hydrogens is 438 g/mol. The zero-order valence-corrected chi connectivity index (χ0v) is 18.2. The number of rotatable bonds is 6. The highest BCUT2D eigenvalue weighted by molar-refractivity contribution is 5.99. The van der Waals surface area contributed by atoms with E-state index in [2.05, 4.69) is 10.3 Å². The first kappa shape index (κ1) is 21.8. The predicted octanol–water partition coefficient (Wildman–Crippen LogP) is 1.96. The van der Waals surface area contributed by atoms with Gasteiger partial charge in [0.05, 0.1) is 12.3 Å². The summed E-state index contributed by atoms with van der Waals surface area (Å²) >= 11 is 0. The number of aromatic nitrogens is 1. The number of benzene rings is 2. The molecule has 5 rings (SSSR count). The Balaban J connectivity index is 1.36. The lowest BCUT2D eigenvalue weighted by atomic mass is 10.0. The van der Waals surface area contributed by atoms with E-state index >= 15 is 0 Å². The first-order chi connectivity index (χ1) is 16.5. The Labute approximate surface area is 195 Å². The predicted molar refractivity (Wildman–Crippen MR) is 120 cm³/mol. The van der Waals surface area contributed by atoms with Crippen molar-refractivity contribution in [1.82, 2.24) is 15.2 Å². The van der Waals surface area contributed by atoms with Crippen molar-refractivity contribution < 1.29 is 28.6 Å². The maximum absolute atomic E-state index is 13.5. The van der Waals surface area contributed by atoms with E-state index in [1.54, 1.807) is 42.6 Å². The first-order valence-electron chi connectivity index (χ1n) is 11.0. The maximum atomic E-state index is 13.5. The van der Waals surface area contributed by atoms with Gasteiger partial charge in [-0.1, -0.05) is 24.3 Å². The summed E-state index contributed by atoms with van der Waals surface area (Å²) in [4.78, 5) is 44.3. The van der Waals surface area contributed by atoms with Crippen molar-refractivity contribution in [2.75, 3.05) is 13.2 Å². The van der Waals surface area contributed by atoms with Crippen molar-refractivity contribution >= 4 is 17.6 Å². The van der Waals surface area contributed by atoms with Crippen LogP contribution in [0, 0.1) is 0 Å². The van der Waals surface area contributed by atoms with Crippen molar-refractivity contribution in [2.24, 2.45) is 0 Å². The second kappa shape index (κ2) is 9.11. The average Bonchev–Trinajstić information content (AvgIpc) is 3.60. The molecule has 9 nitrogen and oxygen atoms in total. The highest BCUT2D eigenvalue weighted by Crippen LogP contribution is 2.28. The fourth-order valence-electron chi connectivity index (χ4n) is 4.50. The van der Waals surface area contributed by atoms with Gasteiger partial charge in [-0.15, -0.1) is 0 Å². The number of Topliss-reactive ketones (excluding diaryl/α,β-unsaturated/α-hetero) is 1. The van der Waals surface area contributed by atoms with E-state index in [1.807, 2.05) is 0 Å². The molecule has 2 saturated heterocycles. The van der Waals surface area contributed by atoms with Crippen LogP contribution in [-0.4, -0.2) is 63.9 Å². The van der Waals surface area contributed by atoms with Crippen LogP contribution in [0.15, 0.2) is 65.5 Å². The molecule has 3 heterocycles. The number of fused-ring (bicyclic) bond motifs is 1. The van der Waals surface area contributed by atoms with Gasteiger partial charge in [-0.3, -0.25) is 14.4 Å². The fourth-order valence-corrected chi connectivity index (χ4v) is 4.50. The second-order valence-corrected chi connectivity index (χ2v) is 8.42. The van der Waals surface area contributed by atoms with E-state index in [1.165, 1.54) is 23.4 Å². The SMILES string of the molecule is O=C(NC(Cc1ccc(O)cc1)C(=O)N1CCC2OCC(=O)C21)c1ccc(-c2cnco2)cc1. The summed E-state index contributed by atoms with van der Waals surface area (Å²) in [6.45, 7) is 0.402. The Kier molecular flexibility index (Phi) is 5.85. The Morgan fingerprint density at radius 2 is 1.91 bits per heavy atom. The number of ether oxygens (including phenoxy) is 1. The number of oxazole rings is 1. The van der Waals surface area contributed by atoms with Crippen molar-refractivity contribution in [3.63, 3.8) is 0 Å². The lowest BCUT2D eigenvalue weighted by Crippen LogP contribution is -2.53. The molecule has 0 radical (unpaired) electrons. The van der Waals surface area contributed by atoms with E-state index in [-0.39, 0.29) is 36.6 Å². The van der Waals surface area contributed by atoms with Crippen LogP contribution in [0.1, 0.15) is 22.3 Å². The average molecular weight is 461 g/mol. The van der Waals surface area contributed by atoms with E-state index in [0.29, 0.717) is 24.3 Å². The van der Waals surface area contributed by atoms with Crippen molar-refractivity contribution in [3.05, 3.63) is 72.2 Å². The van der Waals surface area contributed by atoms with Gasteiger partial charge in [-0.25, -0.2) is 4.98 Å². The normalized spacial score (nSPS) is 20.2. The lowest BCUT2D eigenvalue weighted by molar-refractivity contribution is -0.138. The van der Waals surface area contributed by atoms with Crippen LogP contribution in [0.3, 0.4) is 0 Å². The Hall–Kier alpha value is -3.98. The highest BCUT2D eigenvalue weighted by Gasteiger charge is 2.48. The third kappa shape index (κ3) is 4.29. The molecule has 34 heavy (non-hydrogen) atoms. The number of carbonyl (C=O) groups excluding carboxylic acids is 3. The standard InChI is InChI=1S/C25H23N3O6/c29-18-7-1-15(2-8-18)11-19(25(32)28-10-9-21-23(28)20(30)13-33-21)27-24(31)17-5-3-16(4-6-17)22-12-26-14-34-22/h1-8,12,14,19,21,23,29H,9-11,13H2,(H,27,31). The van der Waals surface area contributed by atoms with Gasteiger partial charge in [0.25, 0.3) is 5.91 Å². The zero-order valence-electron chi connectivity index (χ0n) is 18.2. The smallest absolute Gasteiger partial charge is 0.251 e. The van der Waals surface area contributed by atoms with Crippen LogP contribution < -0.4 is 5.32 Å². The quantitative estimate of drug-likeness (QED) is 0.575. The number of aromatic hydroxyl groups is 1. The second-order valence-electron chi connectivity index (χ2n) is 8.42. The summed E-state index contributed by atoms with van der Waals surface area (Å²) in [5, 5.41) is 12.4. The van der Waals surface area contributed by atoms with Gasteiger partial charge >= 0.3 is 0 Å². The van der Waals surface area contributed by atoms with Gasteiger partial charge < -0.3 is 24.5 Å². The number of nitrogens with one attached hydrogen (secondary N) is 1. The van der Waals surface area contributed by atoms with Gasteiger partial charge in [0.15, 0.2) is 17.9 Å². The van der Waals surface area contributed by atoms with Crippen molar-refractivity contribution in [1.29, 1.82) is 0 Å². The minimum atomic E-state index is -0.891. The van der Waals surface area contributed by atoms with Gasteiger partial charge in [0.1, 0.15) is 24.4 Å². The number of likely N-dealkylation sites (tertiary alicyclic amines) is 1. The molecule has 0 aliphatic carbocycles. The van der Waals surface area contributed by atoms with Crippen LogP contribution >= 0.6 is 0 Å². The molecule has 2 aliphatic rings. The molecule has 3 unspecified atom stereocenters. The molecule has 174 valence electrons.